The Kier molecular flexibility index (Phi) is 7.53. The number of nitrogens with zero attached hydrogens (tertiary/aromatic N) is 1. The average molecular weight is 726 g/mol. The van der Waals surface area contributed by atoms with Gasteiger partial charge in [-0.25, -0.2) is 0 Å². The summed E-state index contributed by atoms with van der Waals surface area (Å²) in [5.41, 5.74) is 3.34. The van der Waals surface area contributed by atoms with Crippen LogP contribution in [-0.4, -0.2) is 13.9 Å². The van der Waals surface area contributed by atoms with E-state index >= 15 is 0 Å². The summed E-state index contributed by atoms with van der Waals surface area (Å²) in [6.45, 7) is 0. The highest BCUT2D eigenvalue weighted by Gasteiger charge is 2.48. The standard InChI is InChI=1S/C43H26F3NO5S/c44-43(45,46)53(48,49)52-32-25-23-31(24-26-32)47(29-19-15-27(16-20-29)33-9-5-11-37-35-7-1-3-13-39(35)50-41(33)37)30-21-17-28(18-22-30)34-10-6-12-38-36-8-2-4-14-40(36)51-42(34)38/h1-26H. The van der Waals surface area contributed by atoms with Crippen molar-refractivity contribution in [3.63, 3.8) is 0 Å². The monoisotopic (exact) mass is 725 g/mol. The molecule has 0 fully saturated rings. The molecule has 0 amide bonds. The highest BCUT2D eigenvalue weighted by Crippen LogP contribution is 2.41. The normalized spacial score (nSPS) is 12.2. The molecule has 10 heteroatoms. The molecule has 0 saturated heterocycles. The molecule has 0 aliphatic rings. The van der Waals surface area contributed by atoms with Gasteiger partial charge < -0.3 is 17.9 Å². The fourth-order valence-electron chi connectivity index (χ4n) is 6.80. The molecule has 0 aliphatic heterocycles. The Labute approximate surface area is 301 Å². The van der Waals surface area contributed by atoms with Crippen LogP contribution >= 0.6 is 0 Å². The Morgan fingerprint density at radius 1 is 0.472 bits per heavy atom. The van der Waals surface area contributed by atoms with Gasteiger partial charge in [0.25, 0.3) is 0 Å². The van der Waals surface area contributed by atoms with E-state index in [1.165, 1.54) is 24.3 Å². The van der Waals surface area contributed by atoms with Gasteiger partial charge in [-0.15, -0.1) is 0 Å². The maximum atomic E-state index is 13.0. The van der Waals surface area contributed by atoms with E-state index in [1.54, 1.807) is 0 Å². The molecule has 0 spiro atoms. The van der Waals surface area contributed by atoms with Crippen molar-refractivity contribution >= 4 is 71.1 Å². The quantitative estimate of drug-likeness (QED) is 0.120. The Hall–Kier alpha value is -6.52. The van der Waals surface area contributed by atoms with E-state index < -0.39 is 21.4 Å². The molecule has 6 nitrogen and oxygen atoms in total. The molecule has 0 saturated carbocycles. The van der Waals surface area contributed by atoms with Gasteiger partial charge in [0, 0.05) is 49.7 Å². The van der Waals surface area contributed by atoms with Gasteiger partial charge in [-0.3, -0.25) is 0 Å². The summed E-state index contributed by atoms with van der Waals surface area (Å²) in [4.78, 5) is 1.92. The van der Waals surface area contributed by atoms with Crippen molar-refractivity contribution in [1.82, 2.24) is 0 Å². The first kappa shape index (κ1) is 32.4. The molecule has 53 heavy (non-hydrogen) atoms. The van der Waals surface area contributed by atoms with Gasteiger partial charge in [-0.2, -0.15) is 21.6 Å². The number of hydrogen-bond donors (Lipinski definition) is 0. The molecule has 9 aromatic rings. The number of halogens is 3. The van der Waals surface area contributed by atoms with Crippen LogP contribution in [0.3, 0.4) is 0 Å². The summed E-state index contributed by atoms with van der Waals surface area (Å²) in [5, 5.41) is 4.08. The molecule has 0 N–H and O–H groups in total. The maximum absolute atomic E-state index is 13.0. The van der Waals surface area contributed by atoms with Gasteiger partial charge in [0.2, 0.25) is 0 Å². The molecule has 0 radical (unpaired) electrons. The summed E-state index contributed by atoms with van der Waals surface area (Å²) in [7, 11) is -5.83. The lowest BCUT2D eigenvalue weighted by Crippen LogP contribution is -2.28. The van der Waals surface area contributed by atoms with E-state index in [4.69, 9.17) is 8.83 Å². The van der Waals surface area contributed by atoms with Crippen molar-refractivity contribution in [3.05, 3.63) is 158 Å². The van der Waals surface area contributed by atoms with Crippen LogP contribution in [0.25, 0.3) is 66.1 Å². The average Bonchev–Trinajstić information content (AvgIpc) is 3.75. The van der Waals surface area contributed by atoms with Crippen molar-refractivity contribution in [3.8, 4) is 28.0 Å². The van der Waals surface area contributed by atoms with Crippen molar-refractivity contribution in [2.45, 2.75) is 5.51 Å². The predicted molar refractivity (Wildman–Crippen MR) is 202 cm³/mol. The highest BCUT2D eigenvalue weighted by atomic mass is 32.2. The molecule has 0 atom stereocenters. The minimum absolute atomic E-state index is 0.463. The number of alkyl halides is 3. The molecular formula is C43H26F3NO5S. The summed E-state index contributed by atoms with van der Waals surface area (Å²) in [5.74, 6) is -0.463. The zero-order chi connectivity index (χ0) is 36.3. The minimum atomic E-state index is -5.83. The minimum Gasteiger partial charge on any atom is -0.455 e. The lowest BCUT2D eigenvalue weighted by atomic mass is 10.0. The topological polar surface area (TPSA) is 72.9 Å². The van der Waals surface area contributed by atoms with Crippen LogP contribution < -0.4 is 9.08 Å². The lowest BCUT2D eigenvalue weighted by Gasteiger charge is -2.26. The van der Waals surface area contributed by atoms with E-state index in [9.17, 15) is 21.6 Å². The van der Waals surface area contributed by atoms with Gasteiger partial charge >= 0.3 is 15.6 Å². The van der Waals surface area contributed by atoms with E-state index in [1.807, 2.05) is 138 Å². The highest BCUT2D eigenvalue weighted by molar-refractivity contribution is 7.88. The maximum Gasteiger partial charge on any atom is 0.534 e. The van der Waals surface area contributed by atoms with Crippen molar-refractivity contribution in [1.29, 1.82) is 0 Å². The Balaban J connectivity index is 1.11. The number of fused-ring (bicyclic) bond motifs is 6. The summed E-state index contributed by atoms with van der Waals surface area (Å²) >= 11 is 0. The van der Waals surface area contributed by atoms with Crippen LogP contribution in [0.15, 0.2) is 167 Å². The Morgan fingerprint density at radius 3 is 1.30 bits per heavy atom. The predicted octanol–water partition coefficient (Wildman–Crippen LogP) is 12.5. The second-order valence-electron chi connectivity index (χ2n) is 12.5. The number of para-hydroxylation sites is 4. The third kappa shape index (κ3) is 5.64. The fraction of sp³-hybridized carbons (Fsp3) is 0.0233. The Morgan fingerprint density at radius 2 is 0.868 bits per heavy atom. The second-order valence-corrected chi connectivity index (χ2v) is 14.0. The molecule has 7 aromatic carbocycles. The van der Waals surface area contributed by atoms with E-state index in [2.05, 4.69) is 4.18 Å². The number of benzene rings is 7. The third-order valence-electron chi connectivity index (χ3n) is 9.27. The smallest absolute Gasteiger partial charge is 0.455 e. The van der Waals surface area contributed by atoms with Crippen LogP contribution in [0.1, 0.15) is 0 Å². The first-order chi connectivity index (χ1) is 25.6. The number of rotatable bonds is 7. The molecule has 2 aromatic heterocycles. The molecule has 2 heterocycles. The third-order valence-corrected chi connectivity index (χ3v) is 10.2. The zero-order valence-corrected chi connectivity index (χ0v) is 28.4. The summed E-state index contributed by atoms with van der Waals surface area (Å²) < 4.78 is 79.3. The first-order valence-corrected chi connectivity index (χ1v) is 18.0. The largest absolute Gasteiger partial charge is 0.534 e. The Bertz CT molecular complexity index is 2760. The molecule has 0 bridgehead atoms. The van der Waals surface area contributed by atoms with Crippen molar-refractivity contribution in [2.24, 2.45) is 0 Å². The van der Waals surface area contributed by atoms with Crippen LogP contribution in [-0.2, 0) is 10.1 Å². The van der Waals surface area contributed by atoms with Gasteiger partial charge in [0.15, 0.2) is 0 Å². The fourth-order valence-corrected chi connectivity index (χ4v) is 7.26. The number of furan rings is 2. The van der Waals surface area contributed by atoms with Crippen LogP contribution in [0.2, 0.25) is 0 Å². The van der Waals surface area contributed by atoms with Gasteiger partial charge in [0.05, 0.1) is 0 Å². The van der Waals surface area contributed by atoms with E-state index in [-0.39, 0.29) is 0 Å². The van der Waals surface area contributed by atoms with Gasteiger partial charge in [-0.1, -0.05) is 97.1 Å². The van der Waals surface area contributed by atoms with Crippen LogP contribution in [0, 0.1) is 0 Å². The SMILES string of the molecule is O=S(=O)(Oc1ccc(N(c2ccc(-c3cccc4c3oc3ccccc34)cc2)c2ccc(-c3cccc4c3oc3ccccc34)cc2)cc1)C(F)(F)F. The second kappa shape index (κ2) is 12.3. The zero-order valence-electron chi connectivity index (χ0n) is 27.5. The summed E-state index contributed by atoms with van der Waals surface area (Å²) in [6.07, 6.45) is 0. The van der Waals surface area contributed by atoms with Crippen LogP contribution in [0.5, 0.6) is 5.75 Å². The van der Waals surface area contributed by atoms with Gasteiger partial charge in [-0.05, 0) is 71.8 Å². The number of anilines is 3. The van der Waals surface area contributed by atoms with Crippen molar-refractivity contribution < 1.29 is 34.6 Å². The molecule has 0 unspecified atom stereocenters. The molecule has 260 valence electrons. The molecule has 9 rings (SSSR count). The van der Waals surface area contributed by atoms with Gasteiger partial charge in [0.1, 0.15) is 28.1 Å². The lowest BCUT2D eigenvalue weighted by molar-refractivity contribution is -0.0500. The molecular weight excluding hydrogens is 700 g/mol. The molecule has 0 aliphatic carbocycles. The first-order valence-electron chi connectivity index (χ1n) is 16.6. The van der Waals surface area contributed by atoms with E-state index in [0.717, 1.165) is 77.5 Å². The number of hydrogen-bond acceptors (Lipinski definition) is 6. The summed E-state index contributed by atoms with van der Waals surface area (Å²) in [6, 6.07) is 48.9. The van der Waals surface area contributed by atoms with E-state index in [0.29, 0.717) is 5.69 Å². The van der Waals surface area contributed by atoms with Crippen LogP contribution in [0.4, 0.5) is 30.2 Å². The van der Waals surface area contributed by atoms with Crippen molar-refractivity contribution in [2.75, 3.05) is 4.90 Å².